The van der Waals surface area contributed by atoms with Crippen LogP contribution in [0.5, 0.6) is 0 Å². The fourth-order valence-corrected chi connectivity index (χ4v) is 3.86. The van der Waals surface area contributed by atoms with E-state index >= 15 is 0 Å². The van der Waals surface area contributed by atoms with Gasteiger partial charge < -0.3 is 0 Å². The summed E-state index contributed by atoms with van der Waals surface area (Å²) in [5.74, 6) is 1.32. The summed E-state index contributed by atoms with van der Waals surface area (Å²) < 4.78 is 22.2. The Morgan fingerprint density at radius 3 is 2.71 bits per heavy atom. The second kappa shape index (κ2) is 4.54. The predicted octanol–water partition coefficient (Wildman–Crippen LogP) is 1.60. The van der Waals surface area contributed by atoms with Crippen LogP contribution in [0.15, 0.2) is 0 Å². The molecule has 5 heteroatoms. The summed E-state index contributed by atoms with van der Waals surface area (Å²) in [5.41, 5.74) is 0. The first-order valence-electron chi connectivity index (χ1n) is 4.79. The Morgan fingerprint density at radius 2 is 2.29 bits per heavy atom. The standard InChI is InChI=1S/C9H15NO2S2/c1-2-14(11,12)7-5-9(8-10)4-3-6-13-9/h2-7H2,1H3. The summed E-state index contributed by atoms with van der Waals surface area (Å²) in [5, 5.41) is 9.02. The van der Waals surface area contributed by atoms with E-state index in [1.54, 1.807) is 18.7 Å². The van der Waals surface area contributed by atoms with Gasteiger partial charge in [0.25, 0.3) is 0 Å². The molecule has 1 rings (SSSR count). The SMILES string of the molecule is CCS(=O)(=O)CCC1(C#N)CCCS1. The van der Waals surface area contributed by atoms with Gasteiger partial charge in [-0.1, -0.05) is 6.92 Å². The summed E-state index contributed by atoms with van der Waals surface area (Å²) in [6, 6.07) is 2.27. The average Bonchev–Trinajstić information content (AvgIpc) is 2.65. The van der Waals surface area contributed by atoms with Crippen molar-refractivity contribution in [2.45, 2.75) is 30.9 Å². The van der Waals surface area contributed by atoms with Crippen LogP contribution in [-0.2, 0) is 9.84 Å². The Kier molecular flexibility index (Phi) is 3.85. The van der Waals surface area contributed by atoms with Gasteiger partial charge >= 0.3 is 0 Å². The molecule has 0 aliphatic carbocycles. The summed E-state index contributed by atoms with van der Waals surface area (Å²) in [4.78, 5) is 0. The van der Waals surface area contributed by atoms with E-state index in [0.717, 1.165) is 18.6 Å². The zero-order chi connectivity index (χ0) is 10.7. The van der Waals surface area contributed by atoms with E-state index in [2.05, 4.69) is 6.07 Å². The topological polar surface area (TPSA) is 57.9 Å². The van der Waals surface area contributed by atoms with E-state index in [-0.39, 0.29) is 11.5 Å². The van der Waals surface area contributed by atoms with Crippen molar-refractivity contribution in [3.63, 3.8) is 0 Å². The van der Waals surface area contributed by atoms with Crippen LogP contribution < -0.4 is 0 Å². The molecule has 1 aliphatic rings. The first-order valence-corrected chi connectivity index (χ1v) is 7.60. The number of nitrogens with zero attached hydrogens (tertiary/aromatic N) is 1. The number of sulfone groups is 1. The highest BCUT2D eigenvalue weighted by Gasteiger charge is 2.35. The molecule has 0 radical (unpaired) electrons. The maximum Gasteiger partial charge on any atom is 0.150 e. The smallest absolute Gasteiger partial charge is 0.150 e. The molecule has 0 aromatic heterocycles. The molecule has 0 saturated carbocycles. The van der Waals surface area contributed by atoms with Crippen molar-refractivity contribution in [2.24, 2.45) is 0 Å². The molecule has 0 amide bonds. The summed E-state index contributed by atoms with van der Waals surface area (Å²) in [7, 11) is -2.92. The Morgan fingerprint density at radius 1 is 1.57 bits per heavy atom. The van der Waals surface area contributed by atoms with Gasteiger partial charge in [-0.3, -0.25) is 0 Å². The van der Waals surface area contributed by atoms with E-state index in [0.29, 0.717) is 6.42 Å². The lowest BCUT2D eigenvalue weighted by atomic mass is 10.0. The zero-order valence-corrected chi connectivity index (χ0v) is 9.96. The van der Waals surface area contributed by atoms with Gasteiger partial charge in [-0.25, -0.2) is 8.42 Å². The monoisotopic (exact) mass is 233 g/mol. The minimum Gasteiger partial charge on any atom is -0.229 e. The molecule has 1 aliphatic heterocycles. The Hall–Kier alpha value is -0.210. The molecule has 0 aromatic rings. The minimum atomic E-state index is -2.92. The predicted molar refractivity (Wildman–Crippen MR) is 59.0 cm³/mol. The molecule has 1 saturated heterocycles. The average molecular weight is 233 g/mol. The highest BCUT2D eigenvalue weighted by atomic mass is 32.2. The van der Waals surface area contributed by atoms with Crippen molar-refractivity contribution in [2.75, 3.05) is 17.3 Å². The molecule has 1 heterocycles. The van der Waals surface area contributed by atoms with Crippen molar-refractivity contribution in [1.82, 2.24) is 0 Å². The van der Waals surface area contributed by atoms with Gasteiger partial charge in [0.2, 0.25) is 0 Å². The Bertz CT molecular complexity index is 323. The number of hydrogen-bond acceptors (Lipinski definition) is 4. The maximum absolute atomic E-state index is 11.3. The number of thioether (sulfide) groups is 1. The quantitative estimate of drug-likeness (QED) is 0.740. The Balaban J connectivity index is 2.56. The van der Waals surface area contributed by atoms with Crippen molar-refractivity contribution < 1.29 is 8.42 Å². The van der Waals surface area contributed by atoms with Crippen LogP contribution in [0.2, 0.25) is 0 Å². The normalized spacial score (nSPS) is 27.4. The van der Waals surface area contributed by atoms with Crippen molar-refractivity contribution in [1.29, 1.82) is 5.26 Å². The second-order valence-electron chi connectivity index (χ2n) is 3.54. The van der Waals surface area contributed by atoms with Crippen LogP contribution >= 0.6 is 11.8 Å². The zero-order valence-electron chi connectivity index (χ0n) is 8.32. The molecule has 0 N–H and O–H groups in total. The largest absolute Gasteiger partial charge is 0.229 e. The van der Waals surface area contributed by atoms with Gasteiger partial charge in [-0.05, 0) is 25.0 Å². The van der Waals surface area contributed by atoms with Crippen molar-refractivity contribution in [3.8, 4) is 6.07 Å². The lowest BCUT2D eigenvalue weighted by Crippen LogP contribution is -2.23. The van der Waals surface area contributed by atoms with Crippen LogP contribution in [0, 0.1) is 11.3 Å². The number of rotatable bonds is 4. The third kappa shape index (κ3) is 2.89. The number of nitriles is 1. The van der Waals surface area contributed by atoms with E-state index in [1.807, 2.05) is 0 Å². The highest BCUT2D eigenvalue weighted by molar-refractivity contribution is 8.01. The lowest BCUT2D eigenvalue weighted by molar-refractivity contribution is 0.584. The molecule has 1 unspecified atom stereocenters. The summed E-state index contributed by atoms with van der Waals surface area (Å²) in [6.07, 6.45) is 2.36. The highest BCUT2D eigenvalue weighted by Crippen LogP contribution is 2.40. The van der Waals surface area contributed by atoms with E-state index in [1.165, 1.54) is 0 Å². The molecular formula is C9H15NO2S2. The molecule has 1 atom stereocenters. The van der Waals surface area contributed by atoms with E-state index in [4.69, 9.17) is 5.26 Å². The van der Waals surface area contributed by atoms with Gasteiger partial charge in [-0.2, -0.15) is 5.26 Å². The molecule has 0 spiro atoms. The lowest BCUT2D eigenvalue weighted by Gasteiger charge is -2.18. The Labute approximate surface area is 89.8 Å². The first kappa shape index (κ1) is 11.9. The van der Waals surface area contributed by atoms with Crippen LogP contribution in [0.4, 0.5) is 0 Å². The van der Waals surface area contributed by atoms with Crippen LogP contribution in [0.3, 0.4) is 0 Å². The molecule has 3 nitrogen and oxygen atoms in total. The fraction of sp³-hybridized carbons (Fsp3) is 0.889. The van der Waals surface area contributed by atoms with Crippen LogP contribution in [0.25, 0.3) is 0 Å². The maximum atomic E-state index is 11.3. The molecular weight excluding hydrogens is 218 g/mol. The third-order valence-electron chi connectivity index (χ3n) is 2.56. The summed E-state index contributed by atoms with van der Waals surface area (Å²) in [6.45, 7) is 1.65. The first-order chi connectivity index (χ1) is 6.54. The molecule has 80 valence electrons. The van der Waals surface area contributed by atoms with Crippen molar-refractivity contribution in [3.05, 3.63) is 0 Å². The van der Waals surface area contributed by atoms with Crippen LogP contribution in [-0.4, -0.2) is 30.4 Å². The van der Waals surface area contributed by atoms with E-state index in [9.17, 15) is 8.42 Å². The third-order valence-corrected chi connectivity index (χ3v) is 5.81. The van der Waals surface area contributed by atoms with Gasteiger partial charge in [0.05, 0.1) is 11.8 Å². The van der Waals surface area contributed by atoms with Gasteiger partial charge in [-0.15, -0.1) is 11.8 Å². The van der Waals surface area contributed by atoms with Gasteiger partial charge in [0.15, 0.2) is 0 Å². The molecule has 1 fully saturated rings. The fourth-order valence-electron chi connectivity index (χ4n) is 1.50. The van der Waals surface area contributed by atoms with Gasteiger partial charge in [0.1, 0.15) is 14.6 Å². The van der Waals surface area contributed by atoms with Gasteiger partial charge in [0, 0.05) is 5.75 Å². The van der Waals surface area contributed by atoms with E-state index < -0.39 is 14.6 Å². The second-order valence-corrected chi connectivity index (χ2v) is 7.50. The minimum absolute atomic E-state index is 0.157. The number of hydrogen-bond donors (Lipinski definition) is 0. The van der Waals surface area contributed by atoms with Crippen LogP contribution in [0.1, 0.15) is 26.2 Å². The summed E-state index contributed by atoms with van der Waals surface area (Å²) >= 11 is 1.62. The molecule has 0 aromatic carbocycles. The molecule has 0 bridgehead atoms. The van der Waals surface area contributed by atoms with Crippen molar-refractivity contribution >= 4 is 21.6 Å². The molecule has 14 heavy (non-hydrogen) atoms.